The minimum Gasteiger partial charge on any atom is -0.395 e. The van der Waals surface area contributed by atoms with Gasteiger partial charge in [-0.3, -0.25) is 4.90 Å². The highest BCUT2D eigenvalue weighted by atomic mass is 19.1. The fraction of sp³-hybridized carbons (Fsp3) is 0.280. The summed E-state index contributed by atoms with van der Waals surface area (Å²) >= 11 is 0. The number of aryl methyl sites for hydroxylation is 1. The Hall–Kier alpha value is -3.29. The Morgan fingerprint density at radius 1 is 0.938 bits per heavy atom. The van der Waals surface area contributed by atoms with Crippen LogP contribution in [0.1, 0.15) is 5.69 Å². The number of rotatable bonds is 5. The van der Waals surface area contributed by atoms with E-state index in [0.717, 1.165) is 65.7 Å². The van der Waals surface area contributed by atoms with Crippen molar-refractivity contribution in [2.75, 3.05) is 44.2 Å². The van der Waals surface area contributed by atoms with Crippen LogP contribution in [0, 0.1) is 12.7 Å². The molecule has 0 spiro atoms. The van der Waals surface area contributed by atoms with E-state index in [1.54, 1.807) is 12.1 Å². The lowest BCUT2D eigenvalue weighted by Gasteiger charge is -2.35. The van der Waals surface area contributed by atoms with E-state index in [1.807, 2.05) is 35.7 Å². The van der Waals surface area contributed by atoms with Crippen molar-refractivity contribution >= 4 is 11.5 Å². The molecule has 2 aromatic heterocycles. The molecule has 0 aliphatic carbocycles. The Balaban J connectivity index is 1.66. The Bertz CT molecular complexity index is 1210. The van der Waals surface area contributed by atoms with Crippen LogP contribution < -0.4 is 4.90 Å². The number of halogens is 1. The summed E-state index contributed by atoms with van der Waals surface area (Å²) in [6.45, 7) is 6.30. The third kappa shape index (κ3) is 3.85. The Kier molecular flexibility index (Phi) is 5.59. The largest absolute Gasteiger partial charge is 0.395 e. The summed E-state index contributed by atoms with van der Waals surface area (Å²) in [7, 11) is 0. The normalized spacial score (nSPS) is 14.9. The van der Waals surface area contributed by atoms with E-state index in [0.29, 0.717) is 6.54 Å². The molecular weight excluding hydrogens is 405 g/mol. The summed E-state index contributed by atoms with van der Waals surface area (Å²) in [5, 5.41) is 14.1. The fourth-order valence-corrected chi connectivity index (χ4v) is 4.39. The minimum absolute atomic E-state index is 0.174. The highest BCUT2D eigenvalue weighted by Crippen LogP contribution is 2.33. The average molecular weight is 432 g/mol. The number of β-amino-alcohol motifs (C(OH)–C–C–N with tert-alkyl or cyclic N) is 1. The Labute approximate surface area is 186 Å². The van der Waals surface area contributed by atoms with Crippen LogP contribution >= 0.6 is 0 Å². The van der Waals surface area contributed by atoms with Gasteiger partial charge >= 0.3 is 0 Å². The molecule has 0 atom stereocenters. The standard InChI is InChI=1S/C25H26FN5O/c1-18-24(20-5-3-2-4-6-20)25-27-22(19-7-9-21(26)10-8-19)17-23(31(25)28-18)30-13-11-29(12-14-30)15-16-32/h2-10,17,32H,11-16H2,1H3. The fourth-order valence-electron chi connectivity index (χ4n) is 4.39. The van der Waals surface area contributed by atoms with Crippen molar-refractivity contribution in [1.29, 1.82) is 0 Å². The van der Waals surface area contributed by atoms with Crippen molar-refractivity contribution in [2.24, 2.45) is 0 Å². The van der Waals surface area contributed by atoms with Crippen LogP contribution in [0.15, 0.2) is 60.7 Å². The number of hydrogen-bond donors (Lipinski definition) is 1. The van der Waals surface area contributed by atoms with Crippen molar-refractivity contribution in [3.8, 4) is 22.4 Å². The maximum Gasteiger partial charge on any atom is 0.166 e. The first-order valence-electron chi connectivity index (χ1n) is 10.9. The molecule has 0 saturated carbocycles. The van der Waals surface area contributed by atoms with Crippen LogP contribution in [0.25, 0.3) is 28.0 Å². The molecule has 2 aromatic carbocycles. The first-order valence-corrected chi connectivity index (χ1v) is 10.9. The SMILES string of the molecule is Cc1nn2c(N3CCN(CCO)CC3)cc(-c3ccc(F)cc3)nc2c1-c1ccccc1. The molecule has 3 heterocycles. The third-order valence-corrected chi connectivity index (χ3v) is 6.06. The molecule has 1 saturated heterocycles. The molecule has 1 aliphatic heterocycles. The molecule has 1 N–H and O–H groups in total. The summed E-state index contributed by atoms with van der Waals surface area (Å²) in [5.41, 5.74) is 5.45. The molecular formula is C25H26FN5O. The van der Waals surface area contributed by atoms with E-state index >= 15 is 0 Å². The first kappa shape index (κ1) is 20.6. The van der Waals surface area contributed by atoms with Crippen LogP contribution in [0.3, 0.4) is 0 Å². The number of anilines is 1. The monoisotopic (exact) mass is 431 g/mol. The smallest absolute Gasteiger partial charge is 0.166 e. The van der Waals surface area contributed by atoms with Crippen LogP contribution in [0.4, 0.5) is 10.2 Å². The predicted octanol–water partition coefficient (Wildman–Crippen LogP) is 3.63. The van der Waals surface area contributed by atoms with Gasteiger partial charge in [-0.15, -0.1) is 0 Å². The van der Waals surface area contributed by atoms with Gasteiger partial charge < -0.3 is 10.0 Å². The molecule has 4 aromatic rings. The molecule has 32 heavy (non-hydrogen) atoms. The van der Waals surface area contributed by atoms with Crippen molar-refractivity contribution in [3.05, 3.63) is 72.2 Å². The zero-order valence-electron chi connectivity index (χ0n) is 18.1. The van der Waals surface area contributed by atoms with Gasteiger partial charge in [-0.2, -0.15) is 9.61 Å². The average Bonchev–Trinajstić information content (AvgIpc) is 3.16. The number of piperazine rings is 1. The van der Waals surface area contributed by atoms with Crippen molar-refractivity contribution in [1.82, 2.24) is 19.5 Å². The maximum absolute atomic E-state index is 13.5. The second-order valence-corrected chi connectivity index (χ2v) is 8.12. The van der Waals surface area contributed by atoms with Gasteiger partial charge in [-0.1, -0.05) is 30.3 Å². The molecule has 6 nitrogen and oxygen atoms in total. The van der Waals surface area contributed by atoms with Crippen molar-refractivity contribution in [3.63, 3.8) is 0 Å². The summed E-state index contributed by atoms with van der Waals surface area (Å²) in [6.07, 6.45) is 0. The van der Waals surface area contributed by atoms with Gasteiger partial charge in [0.15, 0.2) is 5.65 Å². The van der Waals surface area contributed by atoms with Gasteiger partial charge in [-0.25, -0.2) is 9.37 Å². The molecule has 1 fully saturated rings. The number of aliphatic hydroxyl groups excluding tert-OH is 1. The number of benzene rings is 2. The van der Waals surface area contributed by atoms with E-state index in [9.17, 15) is 9.50 Å². The predicted molar refractivity (Wildman–Crippen MR) is 124 cm³/mol. The summed E-state index contributed by atoms with van der Waals surface area (Å²) in [4.78, 5) is 9.56. The molecule has 0 unspecified atom stereocenters. The topological polar surface area (TPSA) is 56.9 Å². The number of nitrogens with zero attached hydrogens (tertiary/aromatic N) is 5. The van der Waals surface area contributed by atoms with Gasteiger partial charge in [0, 0.05) is 49.9 Å². The van der Waals surface area contributed by atoms with Gasteiger partial charge in [0.2, 0.25) is 0 Å². The Morgan fingerprint density at radius 3 is 2.34 bits per heavy atom. The zero-order chi connectivity index (χ0) is 22.1. The number of fused-ring (bicyclic) bond motifs is 1. The molecule has 1 aliphatic rings. The summed E-state index contributed by atoms with van der Waals surface area (Å²) in [5.74, 6) is 0.712. The van der Waals surface area contributed by atoms with Gasteiger partial charge in [-0.05, 0) is 36.8 Å². The van der Waals surface area contributed by atoms with Crippen molar-refractivity contribution < 1.29 is 9.50 Å². The minimum atomic E-state index is -0.264. The summed E-state index contributed by atoms with van der Waals surface area (Å²) in [6, 6.07) is 18.7. The molecule has 7 heteroatoms. The van der Waals surface area contributed by atoms with Crippen LogP contribution in [0.2, 0.25) is 0 Å². The lowest BCUT2D eigenvalue weighted by Crippen LogP contribution is -2.47. The first-order chi connectivity index (χ1) is 15.6. The lowest BCUT2D eigenvalue weighted by atomic mass is 10.1. The van der Waals surface area contributed by atoms with Crippen LogP contribution in [0.5, 0.6) is 0 Å². The molecule has 0 amide bonds. The molecule has 164 valence electrons. The number of aliphatic hydroxyl groups is 1. The third-order valence-electron chi connectivity index (χ3n) is 6.06. The summed E-state index contributed by atoms with van der Waals surface area (Å²) < 4.78 is 15.5. The lowest BCUT2D eigenvalue weighted by molar-refractivity contribution is 0.188. The van der Waals surface area contributed by atoms with Crippen molar-refractivity contribution in [2.45, 2.75) is 6.92 Å². The highest BCUT2D eigenvalue weighted by Gasteiger charge is 2.23. The maximum atomic E-state index is 13.5. The second-order valence-electron chi connectivity index (χ2n) is 8.12. The van der Waals surface area contributed by atoms with Crippen LogP contribution in [-0.2, 0) is 0 Å². The van der Waals surface area contributed by atoms with Gasteiger partial charge in [0.1, 0.15) is 11.6 Å². The van der Waals surface area contributed by atoms with E-state index in [4.69, 9.17) is 10.1 Å². The van der Waals surface area contributed by atoms with E-state index in [1.165, 1.54) is 12.1 Å². The number of aromatic nitrogens is 3. The quantitative estimate of drug-likeness (QED) is 0.523. The Morgan fingerprint density at radius 2 is 1.66 bits per heavy atom. The number of hydrogen-bond acceptors (Lipinski definition) is 5. The van der Waals surface area contributed by atoms with E-state index < -0.39 is 0 Å². The molecule has 0 radical (unpaired) electrons. The highest BCUT2D eigenvalue weighted by molar-refractivity contribution is 5.82. The molecule has 5 rings (SSSR count). The zero-order valence-corrected chi connectivity index (χ0v) is 18.1. The van der Waals surface area contributed by atoms with E-state index in [2.05, 4.69) is 21.9 Å². The molecule has 0 bridgehead atoms. The van der Waals surface area contributed by atoms with Gasteiger partial charge in [0.05, 0.1) is 18.0 Å². The second kappa shape index (κ2) is 8.68. The van der Waals surface area contributed by atoms with Gasteiger partial charge in [0.25, 0.3) is 0 Å². The van der Waals surface area contributed by atoms with Crippen LogP contribution in [-0.4, -0.2) is 63.9 Å². The van der Waals surface area contributed by atoms with E-state index in [-0.39, 0.29) is 12.4 Å².